The van der Waals surface area contributed by atoms with Gasteiger partial charge >= 0.3 is 0 Å². The van der Waals surface area contributed by atoms with E-state index >= 15 is 0 Å². The van der Waals surface area contributed by atoms with Gasteiger partial charge in [0.1, 0.15) is 0 Å². The van der Waals surface area contributed by atoms with E-state index in [2.05, 4.69) is 5.32 Å². The molecule has 118 valence electrons. The van der Waals surface area contributed by atoms with Crippen LogP contribution in [0, 0.1) is 11.6 Å². The van der Waals surface area contributed by atoms with E-state index in [9.17, 15) is 22.0 Å². The monoisotopic (exact) mass is 320 g/mol. The molecule has 1 N–H and O–H groups in total. The Morgan fingerprint density at radius 1 is 1.24 bits per heavy atom. The molecule has 0 aliphatic carbocycles. The highest BCUT2D eigenvalue weighted by atomic mass is 32.2. The summed E-state index contributed by atoms with van der Waals surface area (Å²) >= 11 is 0. The van der Waals surface area contributed by atoms with Gasteiger partial charge in [-0.15, -0.1) is 0 Å². The summed E-state index contributed by atoms with van der Waals surface area (Å²) in [6.45, 7) is 4.86. The Kier molecular flexibility index (Phi) is 5.06. The molecule has 0 radical (unpaired) electrons. The van der Waals surface area contributed by atoms with Crippen LogP contribution < -0.4 is 5.32 Å². The van der Waals surface area contributed by atoms with Crippen molar-refractivity contribution in [1.82, 2.24) is 9.62 Å². The van der Waals surface area contributed by atoms with Crippen molar-refractivity contribution in [3.63, 3.8) is 0 Å². The summed E-state index contributed by atoms with van der Waals surface area (Å²) in [5, 5.41) is 2.61. The second kappa shape index (κ2) is 6.07. The van der Waals surface area contributed by atoms with Crippen LogP contribution in [0.5, 0.6) is 0 Å². The average molecular weight is 320 g/mol. The molecule has 5 nitrogen and oxygen atoms in total. The summed E-state index contributed by atoms with van der Waals surface area (Å²) in [6.07, 6.45) is 0. The van der Waals surface area contributed by atoms with Crippen LogP contribution in [0.1, 0.15) is 20.8 Å². The minimum atomic E-state index is -4.06. The van der Waals surface area contributed by atoms with Crippen molar-refractivity contribution in [1.29, 1.82) is 0 Å². The molecule has 0 fully saturated rings. The van der Waals surface area contributed by atoms with Crippen LogP contribution in [-0.4, -0.2) is 37.8 Å². The van der Waals surface area contributed by atoms with Crippen molar-refractivity contribution in [3.05, 3.63) is 29.8 Å². The molecule has 1 aromatic carbocycles. The Morgan fingerprint density at radius 3 is 2.29 bits per heavy atom. The van der Waals surface area contributed by atoms with Crippen molar-refractivity contribution >= 4 is 15.9 Å². The summed E-state index contributed by atoms with van der Waals surface area (Å²) in [4.78, 5) is 11.3. The lowest BCUT2D eigenvalue weighted by molar-refractivity contribution is -0.122. The van der Waals surface area contributed by atoms with Crippen molar-refractivity contribution in [2.24, 2.45) is 0 Å². The molecule has 0 spiro atoms. The largest absolute Gasteiger partial charge is 0.350 e. The van der Waals surface area contributed by atoms with Crippen molar-refractivity contribution in [2.75, 3.05) is 13.6 Å². The molecule has 0 aliphatic rings. The zero-order chi connectivity index (χ0) is 16.4. The summed E-state index contributed by atoms with van der Waals surface area (Å²) in [5.74, 6) is -2.89. The fourth-order valence-corrected chi connectivity index (χ4v) is 2.70. The maximum atomic E-state index is 13.1. The predicted octanol–water partition coefficient (Wildman–Crippen LogP) is 1.50. The van der Waals surface area contributed by atoms with Gasteiger partial charge in [-0.1, -0.05) is 0 Å². The van der Waals surface area contributed by atoms with E-state index in [-0.39, 0.29) is 0 Å². The predicted molar refractivity (Wildman–Crippen MR) is 74.1 cm³/mol. The van der Waals surface area contributed by atoms with Crippen molar-refractivity contribution in [3.8, 4) is 0 Å². The van der Waals surface area contributed by atoms with Crippen LogP contribution in [0.2, 0.25) is 0 Å². The quantitative estimate of drug-likeness (QED) is 0.914. The van der Waals surface area contributed by atoms with Gasteiger partial charge in [0.15, 0.2) is 11.6 Å². The van der Waals surface area contributed by atoms with Gasteiger partial charge in [0, 0.05) is 12.6 Å². The topological polar surface area (TPSA) is 66.5 Å². The van der Waals surface area contributed by atoms with Gasteiger partial charge in [-0.3, -0.25) is 4.79 Å². The van der Waals surface area contributed by atoms with E-state index in [1.807, 2.05) is 0 Å². The fraction of sp³-hybridized carbons (Fsp3) is 0.462. The highest BCUT2D eigenvalue weighted by Crippen LogP contribution is 2.17. The standard InChI is InChI=1S/C13H18F2N2O3S/c1-13(2,3)16-12(18)8-17(4)21(19,20)9-5-6-10(14)11(15)7-9/h5-7H,8H2,1-4H3,(H,16,18). The molecular formula is C13H18F2N2O3S. The molecule has 21 heavy (non-hydrogen) atoms. The molecule has 0 saturated carbocycles. The third-order valence-electron chi connectivity index (χ3n) is 2.48. The molecule has 0 heterocycles. The van der Waals surface area contributed by atoms with Gasteiger partial charge in [0.05, 0.1) is 11.4 Å². The first-order chi connectivity index (χ1) is 9.43. The van der Waals surface area contributed by atoms with E-state index in [0.717, 1.165) is 16.4 Å². The molecule has 0 atom stereocenters. The SMILES string of the molecule is CN(CC(=O)NC(C)(C)C)S(=O)(=O)c1ccc(F)c(F)c1. The van der Waals surface area contributed by atoms with Gasteiger partial charge in [0.25, 0.3) is 0 Å². The minimum Gasteiger partial charge on any atom is -0.350 e. The summed E-state index contributed by atoms with van der Waals surface area (Å²) in [6, 6.07) is 2.26. The number of sulfonamides is 1. The third-order valence-corrected chi connectivity index (χ3v) is 4.28. The average Bonchev–Trinajstić information content (AvgIpc) is 2.29. The van der Waals surface area contributed by atoms with E-state index in [1.54, 1.807) is 20.8 Å². The maximum Gasteiger partial charge on any atom is 0.243 e. The third kappa shape index (κ3) is 4.75. The van der Waals surface area contributed by atoms with Gasteiger partial charge < -0.3 is 5.32 Å². The van der Waals surface area contributed by atoms with Crippen molar-refractivity contribution in [2.45, 2.75) is 31.2 Å². The first-order valence-corrected chi connectivity index (χ1v) is 7.60. The number of carbonyl (C=O) groups is 1. The Hall–Kier alpha value is -1.54. The second-order valence-electron chi connectivity index (χ2n) is 5.64. The number of likely N-dealkylation sites (N-methyl/N-ethyl adjacent to an activating group) is 1. The van der Waals surface area contributed by atoms with Crippen LogP contribution in [-0.2, 0) is 14.8 Å². The van der Waals surface area contributed by atoms with Gasteiger partial charge in [0.2, 0.25) is 15.9 Å². The van der Waals surface area contributed by atoms with E-state index in [0.29, 0.717) is 6.07 Å². The Balaban J connectivity index is 2.92. The zero-order valence-corrected chi connectivity index (χ0v) is 13.1. The van der Waals surface area contributed by atoms with E-state index in [1.165, 1.54) is 7.05 Å². The molecular weight excluding hydrogens is 302 g/mol. The zero-order valence-electron chi connectivity index (χ0n) is 12.3. The number of hydrogen-bond acceptors (Lipinski definition) is 3. The first kappa shape index (κ1) is 17.5. The van der Waals surface area contributed by atoms with Crippen LogP contribution in [0.15, 0.2) is 23.1 Å². The Morgan fingerprint density at radius 2 is 1.81 bits per heavy atom. The summed E-state index contributed by atoms with van der Waals surface area (Å²) in [5.41, 5.74) is -0.496. The lowest BCUT2D eigenvalue weighted by Crippen LogP contribution is -2.46. The van der Waals surface area contributed by atoms with Crippen LogP contribution >= 0.6 is 0 Å². The van der Waals surface area contributed by atoms with Gasteiger partial charge in [-0.05, 0) is 39.0 Å². The minimum absolute atomic E-state index is 0.410. The number of amides is 1. The normalized spacial score (nSPS) is 12.5. The number of rotatable bonds is 4. The lowest BCUT2D eigenvalue weighted by Gasteiger charge is -2.23. The molecule has 0 bridgehead atoms. The molecule has 1 amide bonds. The van der Waals surface area contributed by atoms with Gasteiger partial charge in [-0.2, -0.15) is 4.31 Å². The lowest BCUT2D eigenvalue weighted by atomic mass is 10.1. The first-order valence-electron chi connectivity index (χ1n) is 6.16. The van der Waals surface area contributed by atoms with E-state index in [4.69, 9.17) is 0 Å². The fourth-order valence-electron chi connectivity index (χ4n) is 1.56. The Labute approximate surface area is 123 Å². The maximum absolute atomic E-state index is 13.1. The summed E-state index contributed by atoms with van der Waals surface area (Å²) in [7, 11) is -2.87. The molecule has 1 aromatic rings. The van der Waals surface area contributed by atoms with E-state index < -0.39 is 44.5 Å². The highest BCUT2D eigenvalue weighted by Gasteiger charge is 2.25. The number of hydrogen-bond donors (Lipinski definition) is 1. The Bertz CT molecular complexity index is 639. The molecule has 0 saturated heterocycles. The number of nitrogens with one attached hydrogen (secondary N) is 1. The molecule has 0 unspecified atom stereocenters. The number of halogens is 2. The van der Waals surface area contributed by atoms with Crippen LogP contribution in [0.3, 0.4) is 0 Å². The summed E-state index contributed by atoms with van der Waals surface area (Å²) < 4.78 is 51.0. The van der Waals surface area contributed by atoms with Crippen LogP contribution in [0.4, 0.5) is 8.78 Å². The van der Waals surface area contributed by atoms with Gasteiger partial charge in [-0.25, -0.2) is 17.2 Å². The number of benzene rings is 1. The van der Waals surface area contributed by atoms with Crippen LogP contribution in [0.25, 0.3) is 0 Å². The highest BCUT2D eigenvalue weighted by molar-refractivity contribution is 7.89. The number of carbonyl (C=O) groups excluding carboxylic acids is 1. The smallest absolute Gasteiger partial charge is 0.243 e. The molecule has 1 rings (SSSR count). The molecule has 0 aliphatic heterocycles. The number of nitrogens with zero attached hydrogens (tertiary/aromatic N) is 1. The van der Waals surface area contributed by atoms with Crippen molar-refractivity contribution < 1.29 is 22.0 Å². The molecule has 8 heteroatoms. The second-order valence-corrected chi connectivity index (χ2v) is 7.68. The molecule has 0 aromatic heterocycles.